The number of aromatic hydroxyl groups is 1. The van der Waals surface area contributed by atoms with Crippen LogP contribution in [0.4, 0.5) is 23.2 Å². The molecule has 2 unspecified atom stereocenters. The lowest BCUT2D eigenvalue weighted by Gasteiger charge is -2.43. The van der Waals surface area contributed by atoms with E-state index < -0.39 is 23.3 Å². The Bertz CT molecular complexity index is 952. The summed E-state index contributed by atoms with van der Waals surface area (Å²) in [5, 5.41) is 10.3. The minimum Gasteiger partial charge on any atom is -0.505 e. The van der Waals surface area contributed by atoms with E-state index >= 15 is 0 Å². The van der Waals surface area contributed by atoms with Crippen molar-refractivity contribution in [2.75, 3.05) is 18.0 Å². The van der Waals surface area contributed by atoms with Crippen LogP contribution in [0.3, 0.4) is 0 Å². The van der Waals surface area contributed by atoms with Crippen LogP contribution >= 0.6 is 11.6 Å². The van der Waals surface area contributed by atoms with Crippen molar-refractivity contribution in [2.45, 2.75) is 31.1 Å². The topological polar surface area (TPSA) is 43.8 Å². The van der Waals surface area contributed by atoms with Gasteiger partial charge in [0, 0.05) is 25.2 Å². The normalized spacial score (nSPS) is 21.6. The molecule has 2 aromatic carbocycles. The van der Waals surface area contributed by atoms with Crippen LogP contribution in [-0.2, 0) is 6.18 Å². The molecular weight excluding hydrogens is 412 g/mol. The standard InChI is InChI=1S/C20H17ClF4N2O2/c21-16-8-11(22)4-7-14(16)19(29)26-9-12-5-6-13(10-26)27(12)17-3-1-2-15(18(17)28)20(23,24)25/h1-4,7-8,12-13,28H,5-6,9-10H2. The van der Waals surface area contributed by atoms with Gasteiger partial charge in [-0.25, -0.2) is 4.39 Å². The van der Waals surface area contributed by atoms with Crippen LogP contribution in [0.25, 0.3) is 0 Å². The van der Waals surface area contributed by atoms with Gasteiger partial charge in [-0.15, -0.1) is 0 Å². The number of para-hydroxylation sites is 1. The number of benzene rings is 2. The Hall–Kier alpha value is -2.48. The lowest BCUT2D eigenvalue weighted by atomic mass is 10.1. The van der Waals surface area contributed by atoms with Gasteiger partial charge in [0.1, 0.15) is 5.82 Å². The molecule has 0 radical (unpaired) electrons. The molecule has 2 aliphatic heterocycles. The monoisotopic (exact) mass is 428 g/mol. The number of carbonyl (C=O) groups is 1. The summed E-state index contributed by atoms with van der Waals surface area (Å²) < 4.78 is 52.7. The molecule has 1 N–H and O–H groups in total. The molecule has 4 rings (SSSR count). The first-order valence-electron chi connectivity index (χ1n) is 9.08. The van der Waals surface area contributed by atoms with E-state index in [1.165, 1.54) is 18.2 Å². The highest BCUT2D eigenvalue weighted by Crippen LogP contribution is 2.45. The molecule has 4 nitrogen and oxygen atoms in total. The summed E-state index contributed by atoms with van der Waals surface area (Å²) in [7, 11) is 0. The summed E-state index contributed by atoms with van der Waals surface area (Å²) >= 11 is 6.00. The van der Waals surface area contributed by atoms with E-state index in [0.29, 0.717) is 12.8 Å². The van der Waals surface area contributed by atoms with Crippen molar-refractivity contribution in [1.29, 1.82) is 0 Å². The van der Waals surface area contributed by atoms with Gasteiger partial charge in [0.15, 0.2) is 5.75 Å². The van der Waals surface area contributed by atoms with Crippen molar-refractivity contribution in [3.8, 4) is 5.75 Å². The van der Waals surface area contributed by atoms with Crippen LogP contribution in [0.2, 0.25) is 5.02 Å². The molecule has 0 spiro atoms. The first kappa shape index (κ1) is 19.8. The number of alkyl halides is 3. The molecular formula is C20H17ClF4N2O2. The van der Waals surface area contributed by atoms with E-state index in [4.69, 9.17) is 11.6 Å². The number of hydrogen-bond acceptors (Lipinski definition) is 3. The van der Waals surface area contributed by atoms with Gasteiger partial charge in [0.05, 0.1) is 21.8 Å². The predicted molar refractivity (Wildman–Crippen MR) is 99.7 cm³/mol. The molecule has 2 aromatic rings. The highest BCUT2D eigenvalue weighted by molar-refractivity contribution is 6.33. The fourth-order valence-electron chi connectivity index (χ4n) is 4.26. The number of carbonyl (C=O) groups excluding carboxylic acids is 1. The average Bonchev–Trinajstić information content (AvgIpc) is 2.89. The fraction of sp³-hybridized carbons (Fsp3) is 0.350. The van der Waals surface area contributed by atoms with E-state index in [0.717, 1.165) is 18.2 Å². The quantitative estimate of drug-likeness (QED) is 0.705. The van der Waals surface area contributed by atoms with Crippen molar-refractivity contribution in [2.24, 2.45) is 0 Å². The number of phenols is 1. The first-order valence-corrected chi connectivity index (χ1v) is 9.46. The third-order valence-corrected chi connectivity index (χ3v) is 5.84. The van der Waals surface area contributed by atoms with Crippen molar-refractivity contribution < 1.29 is 27.5 Å². The summed E-state index contributed by atoms with van der Waals surface area (Å²) in [5.74, 6) is -1.69. The van der Waals surface area contributed by atoms with Gasteiger partial charge in [-0.05, 0) is 43.2 Å². The third kappa shape index (κ3) is 3.50. The maximum Gasteiger partial charge on any atom is 0.420 e. The SMILES string of the molecule is O=C(c1ccc(F)cc1Cl)N1CC2CCC(C1)N2c1cccc(C(F)(F)F)c1O. The van der Waals surface area contributed by atoms with Crippen LogP contribution in [0, 0.1) is 5.82 Å². The number of halogens is 5. The summed E-state index contributed by atoms with van der Waals surface area (Å²) in [6.45, 7) is 0.553. The van der Waals surface area contributed by atoms with Gasteiger partial charge >= 0.3 is 6.18 Å². The zero-order valence-electron chi connectivity index (χ0n) is 15.1. The molecule has 0 aliphatic carbocycles. The Labute approximate surface area is 169 Å². The van der Waals surface area contributed by atoms with Crippen molar-refractivity contribution >= 4 is 23.2 Å². The maximum atomic E-state index is 13.3. The minimum absolute atomic E-state index is 0.0142. The summed E-state index contributed by atoms with van der Waals surface area (Å²) in [4.78, 5) is 16.2. The Kier molecular flexibility index (Phi) is 4.85. The number of fused-ring (bicyclic) bond motifs is 2. The van der Waals surface area contributed by atoms with Gasteiger partial charge in [-0.2, -0.15) is 13.2 Å². The Morgan fingerprint density at radius 1 is 1.10 bits per heavy atom. The third-order valence-electron chi connectivity index (χ3n) is 5.53. The lowest BCUT2D eigenvalue weighted by Crippen LogP contribution is -2.55. The summed E-state index contributed by atoms with van der Waals surface area (Å²) in [6.07, 6.45) is -3.29. The van der Waals surface area contributed by atoms with Crippen molar-refractivity contribution in [3.05, 3.63) is 58.4 Å². The second kappa shape index (κ2) is 7.09. The molecule has 1 amide bonds. The molecule has 154 valence electrons. The van der Waals surface area contributed by atoms with E-state index in [2.05, 4.69) is 0 Å². The lowest BCUT2D eigenvalue weighted by molar-refractivity contribution is -0.138. The molecule has 0 aromatic heterocycles. The smallest absolute Gasteiger partial charge is 0.420 e. The van der Waals surface area contributed by atoms with Gasteiger partial charge in [0.25, 0.3) is 5.91 Å². The molecule has 29 heavy (non-hydrogen) atoms. The highest BCUT2D eigenvalue weighted by Gasteiger charge is 2.44. The molecule has 2 bridgehead atoms. The Morgan fingerprint density at radius 3 is 2.34 bits per heavy atom. The van der Waals surface area contributed by atoms with E-state index in [-0.39, 0.29) is 47.4 Å². The summed E-state index contributed by atoms with van der Waals surface area (Å²) in [5.41, 5.74) is -0.770. The molecule has 2 heterocycles. The van der Waals surface area contributed by atoms with Crippen LogP contribution in [0.15, 0.2) is 36.4 Å². The van der Waals surface area contributed by atoms with Gasteiger partial charge < -0.3 is 14.9 Å². The second-order valence-electron chi connectivity index (χ2n) is 7.30. The van der Waals surface area contributed by atoms with E-state index in [1.54, 1.807) is 9.80 Å². The Balaban J connectivity index is 1.60. The number of nitrogens with zero attached hydrogens (tertiary/aromatic N) is 2. The molecule has 0 saturated carbocycles. The van der Waals surface area contributed by atoms with E-state index in [9.17, 15) is 27.5 Å². The largest absolute Gasteiger partial charge is 0.505 e. The van der Waals surface area contributed by atoms with Crippen molar-refractivity contribution in [3.63, 3.8) is 0 Å². The molecule has 2 saturated heterocycles. The van der Waals surface area contributed by atoms with Gasteiger partial charge in [0.2, 0.25) is 0 Å². The zero-order chi connectivity index (χ0) is 20.9. The van der Waals surface area contributed by atoms with E-state index in [1.807, 2.05) is 0 Å². The molecule has 2 aliphatic rings. The first-order chi connectivity index (χ1) is 13.7. The predicted octanol–water partition coefficient (Wildman–Crippen LogP) is 4.70. The molecule has 9 heteroatoms. The summed E-state index contributed by atoms with van der Waals surface area (Å²) in [6, 6.07) is 6.67. The van der Waals surface area contributed by atoms with Crippen LogP contribution in [0.1, 0.15) is 28.8 Å². The number of phenolic OH excluding ortho intramolecular Hbond substituents is 1. The molecule has 2 fully saturated rings. The van der Waals surface area contributed by atoms with Crippen LogP contribution in [0.5, 0.6) is 5.75 Å². The zero-order valence-corrected chi connectivity index (χ0v) is 15.8. The van der Waals surface area contributed by atoms with Gasteiger partial charge in [-0.1, -0.05) is 17.7 Å². The number of rotatable bonds is 2. The minimum atomic E-state index is -4.66. The number of amides is 1. The van der Waals surface area contributed by atoms with Crippen LogP contribution in [-0.4, -0.2) is 41.1 Å². The average molecular weight is 429 g/mol. The number of hydrogen-bond donors (Lipinski definition) is 1. The molecule has 2 atom stereocenters. The van der Waals surface area contributed by atoms with Crippen LogP contribution < -0.4 is 4.90 Å². The number of likely N-dealkylation sites (tertiary alicyclic amines) is 1. The van der Waals surface area contributed by atoms with Gasteiger partial charge in [-0.3, -0.25) is 4.79 Å². The maximum absolute atomic E-state index is 13.3. The number of anilines is 1. The fourth-order valence-corrected chi connectivity index (χ4v) is 4.51. The van der Waals surface area contributed by atoms with Crippen molar-refractivity contribution in [1.82, 2.24) is 4.90 Å². The number of piperazine rings is 1. The highest BCUT2D eigenvalue weighted by atomic mass is 35.5. The second-order valence-corrected chi connectivity index (χ2v) is 7.70. The Morgan fingerprint density at radius 2 is 1.76 bits per heavy atom.